The van der Waals surface area contributed by atoms with Crippen molar-refractivity contribution in [3.8, 4) is 0 Å². The van der Waals surface area contributed by atoms with Gasteiger partial charge in [-0.25, -0.2) is 0 Å². The molecule has 0 saturated carbocycles. The fraction of sp³-hybridized carbons (Fsp3) is 1.00. The van der Waals surface area contributed by atoms with Crippen LogP contribution in [0.1, 0.15) is 33.6 Å². The van der Waals surface area contributed by atoms with Crippen molar-refractivity contribution in [2.75, 3.05) is 5.33 Å². The Morgan fingerprint density at radius 3 is 2.00 bits per heavy atom. The molecule has 0 heterocycles. The lowest BCUT2D eigenvalue weighted by atomic mass is 10.3. The second-order valence-electron chi connectivity index (χ2n) is 1.40. The molecule has 0 radical (unpaired) electrons. The van der Waals surface area contributed by atoms with Crippen LogP contribution in [-0.4, -0.2) is 5.33 Å². The number of unbranched alkanes of at least 4 members (excludes halogenated alkanes) is 2. The highest BCUT2D eigenvalue weighted by molar-refractivity contribution is 9.09. The molecule has 0 unspecified atom stereocenters. The summed E-state index contributed by atoms with van der Waals surface area (Å²) in [7, 11) is 0. The molecule has 0 saturated heterocycles. The van der Waals surface area contributed by atoms with Crippen LogP contribution in [0.15, 0.2) is 0 Å². The standard InChI is InChI=1S/C5H11Br.CH4/c1-2-3-4-5-6;/h2-5H2,1H3;1H4. The van der Waals surface area contributed by atoms with Gasteiger partial charge in [-0.15, -0.1) is 0 Å². The van der Waals surface area contributed by atoms with Crippen LogP contribution in [0.3, 0.4) is 0 Å². The Labute approximate surface area is 55.4 Å². The molecule has 0 amide bonds. The molecule has 0 aliphatic rings. The van der Waals surface area contributed by atoms with Gasteiger partial charge in [0, 0.05) is 5.33 Å². The maximum atomic E-state index is 3.35. The molecular weight excluding hydrogens is 152 g/mol. The summed E-state index contributed by atoms with van der Waals surface area (Å²) in [6.07, 6.45) is 4.02. The van der Waals surface area contributed by atoms with Gasteiger partial charge < -0.3 is 0 Å². The third-order valence-corrected chi connectivity index (χ3v) is 1.30. The van der Waals surface area contributed by atoms with E-state index in [0.29, 0.717) is 0 Å². The molecular formula is C6H15Br. The summed E-state index contributed by atoms with van der Waals surface area (Å²) in [5.74, 6) is 0. The predicted molar refractivity (Wildman–Crippen MR) is 40.1 cm³/mol. The Balaban J connectivity index is 0. The fourth-order valence-electron chi connectivity index (χ4n) is 0.344. The van der Waals surface area contributed by atoms with E-state index in [0.717, 1.165) is 0 Å². The van der Waals surface area contributed by atoms with Crippen LogP contribution >= 0.6 is 15.9 Å². The first kappa shape index (κ1) is 10.5. The Bertz CT molecular complexity index is 16.1. The van der Waals surface area contributed by atoms with Crippen molar-refractivity contribution in [1.29, 1.82) is 0 Å². The molecule has 0 aromatic heterocycles. The first-order valence-electron chi connectivity index (χ1n) is 2.47. The third kappa shape index (κ3) is 10.7. The zero-order valence-corrected chi connectivity index (χ0v) is 5.79. The average Bonchev–Trinajstić information content (AvgIpc) is 1.61. The van der Waals surface area contributed by atoms with E-state index in [1.54, 1.807) is 0 Å². The first-order chi connectivity index (χ1) is 2.91. The van der Waals surface area contributed by atoms with Crippen LogP contribution in [0.2, 0.25) is 0 Å². The minimum atomic E-state index is 0. The summed E-state index contributed by atoms with van der Waals surface area (Å²) < 4.78 is 0. The lowest BCUT2D eigenvalue weighted by molar-refractivity contribution is 0.781. The van der Waals surface area contributed by atoms with Gasteiger partial charge in [0.1, 0.15) is 0 Å². The molecule has 0 aliphatic carbocycles. The molecule has 46 valence electrons. The van der Waals surface area contributed by atoms with Crippen molar-refractivity contribution in [3.63, 3.8) is 0 Å². The maximum absolute atomic E-state index is 3.35. The van der Waals surface area contributed by atoms with Crippen LogP contribution in [0.4, 0.5) is 0 Å². The number of halogens is 1. The van der Waals surface area contributed by atoms with Gasteiger partial charge in [-0.1, -0.05) is 43.1 Å². The van der Waals surface area contributed by atoms with Gasteiger partial charge >= 0.3 is 0 Å². The summed E-state index contributed by atoms with van der Waals surface area (Å²) in [6, 6.07) is 0. The topological polar surface area (TPSA) is 0 Å². The van der Waals surface area contributed by atoms with Crippen molar-refractivity contribution >= 4 is 15.9 Å². The first-order valence-corrected chi connectivity index (χ1v) is 3.60. The summed E-state index contributed by atoms with van der Waals surface area (Å²) in [4.78, 5) is 0. The third-order valence-electron chi connectivity index (χ3n) is 0.737. The second kappa shape index (κ2) is 9.70. The van der Waals surface area contributed by atoms with Crippen LogP contribution < -0.4 is 0 Å². The Morgan fingerprint density at radius 1 is 1.29 bits per heavy atom. The maximum Gasteiger partial charge on any atom is 0.00313 e. The molecule has 0 rings (SSSR count). The van der Waals surface area contributed by atoms with E-state index < -0.39 is 0 Å². The van der Waals surface area contributed by atoms with Crippen molar-refractivity contribution in [2.24, 2.45) is 0 Å². The van der Waals surface area contributed by atoms with Crippen molar-refractivity contribution in [3.05, 3.63) is 0 Å². The van der Waals surface area contributed by atoms with E-state index in [4.69, 9.17) is 0 Å². The summed E-state index contributed by atoms with van der Waals surface area (Å²) >= 11 is 3.35. The lowest BCUT2D eigenvalue weighted by Crippen LogP contribution is -1.70. The second-order valence-corrected chi connectivity index (χ2v) is 2.19. The van der Waals surface area contributed by atoms with Gasteiger partial charge in [-0.3, -0.25) is 0 Å². The van der Waals surface area contributed by atoms with Gasteiger partial charge in [-0.05, 0) is 6.42 Å². The number of rotatable bonds is 3. The zero-order valence-electron chi connectivity index (χ0n) is 4.21. The van der Waals surface area contributed by atoms with E-state index >= 15 is 0 Å². The summed E-state index contributed by atoms with van der Waals surface area (Å²) in [6.45, 7) is 2.21. The van der Waals surface area contributed by atoms with E-state index in [-0.39, 0.29) is 7.43 Å². The average molecular weight is 167 g/mol. The number of alkyl halides is 1. The van der Waals surface area contributed by atoms with Gasteiger partial charge in [0.2, 0.25) is 0 Å². The predicted octanol–water partition coefficient (Wildman–Crippen LogP) is 3.21. The molecule has 0 aromatic carbocycles. The van der Waals surface area contributed by atoms with E-state index in [1.807, 2.05) is 0 Å². The Morgan fingerprint density at radius 2 is 1.86 bits per heavy atom. The van der Waals surface area contributed by atoms with Gasteiger partial charge in [-0.2, -0.15) is 0 Å². The molecule has 0 N–H and O–H groups in total. The monoisotopic (exact) mass is 166 g/mol. The lowest BCUT2D eigenvalue weighted by Gasteiger charge is -1.85. The molecule has 0 spiro atoms. The molecule has 0 aromatic rings. The van der Waals surface area contributed by atoms with E-state index in [9.17, 15) is 0 Å². The zero-order chi connectivity index (χ0) is 4.83. The van der Waals surface area contributed by atoms with Crippen LogP contribution in [0.5, 0.6) is 0 Å². The van der Waals surface area contributed by atoms with Crippen molar-refractivity contribution < 1.29 is 0 Å². The minimum Gasteiger partial charge on any atom is -0.0928 e. The number of hydrogen-bond donors (Lipinski definition) is 0. The van der Waals surface area contributed by atoms with Crippen LogP contribution in [0.25, 0.3) is 0 Å². The molecule has 0 aliphatic heterocycles. The molecule has 0 nitrogen and oxygen atoms in total. The van der Waals surface area contributed by atoms with E-state index in [1.165, 1.54) is 24.6 Å². The molecule has 0 atom stereocenters. The molecule has 0 fully saturated rings. The molecule has 1 heteroatoms. The normalized spacial score (nSPS) is 7.71. The minimum absolute atomic E-state index is 0. The largest absolute Gasteiger partial charge is 0.0928 e. The van der Waals surface area contributed by atoms with Gasteiger partial charge in [0.05, 0.1) is 0 Å². The smallest absolute Gasteiger partial charge is 0.00313 e. The van der Waals surface area contributed by atoms with Crippen molar-refractivity contribution in [2.45, 2.75) is 33.6 Å². The van der Waals surface area contributed by atoms with E-state index in [2.05, 4.69) is 22.9 Å². The molecule has 7 heavy (non-hydrogen) atoms. The SMILES string of the molecule is C.CCCCCBr. The Hall–Kier alpha value is 0.480. The van der Waals surface area contributed by atoms with Crippen LogP contribution in [-0.2, 0) is 0 Å². The fourth-order valence-corrected chi connectivity index (χ4v) is 0.741. The highest BCUT2D eigenvalue weighted by Crippen LogP contribution is 1.95. The van der Waals surface area contributed by atoms with Crippen LogP contribution in [0, 0.1) is 0 Å². The Kier molecular flexibility index (Phi) is 14.5. The summed E-state index contributed by atoms with van der Waals surface area (Å²) in [5.41, 5.74) is 0. The highest BCUT2D eigenvalue weighted by atomic mass is 79.9. The van der Waals surface area contributed by atoms with Crippen molar-refractivity contribution in [1.82, 2.24) is 0 Å². The molecule has 0 bridgehead atoms. The highest BCUT2D eigenvalue weighted by Gasteiger charge is 1.76. The van der Waals surface area contributed by atoms with Gasteiger partial charge in [0.15, 0.2) is 0 Å². The quantitative estimate of drug-likeness (QED) is 0.447. The van der Waals surface area contributed by atoms with Gasteiger partial charge in [0.25, 0.3) is 0 Å². The summed E-state index contributed by atoms with van der Waals surface area (Å²) in [5, 5.41) is 1.17. The number of hydrogen-bond acceptors (Lipinski definition) is 0.